The van der Waals surface area contributed by atoms with Gasteiger partial charge in [-0.2, -0.15) is 0 Å². The van der Waals surface area contributed by atoms with E-state index < -0.39 is 11.6 Å². The summed E-state index contributed by atoms with van der Waals surface area (Å²) >= 11 is 0. The Bertz CT molecular complexity index is 603. The van der Waals surface area contributed by atoms with Gasteiger partial charge in [0, 0.05) is 12.1 Å². The summed E-state index contributed by atoms with van der Waals surface area (Å²) in [5, 5.41) is 0. The molecule has 0 bridgehead atoms. The summed E-state index contributed by atoms with van der Waals surface area (Å²) in [6.07, 6.45) is 1.66. The van der Waals surface area contributed by atoms with E-state index in [9.17, 15) is 8.78 Å². The summed E-state index contributed by atoms with van der Waals surface area (Å²) in [6, 6.07) is 3.94. The maximum atomic E-state index is 13.7. The Morgan fingerprint density at radius 1 is 1.44 bits per heavy atom. The van der Waals surface area contributed by atoms with Crippen molar-refractivity contribution in [3.8, 4) is 11.3 Å². The lowest BCUT2D eigenvalue weighted by atomic mass is 10.1. The normalized spacial score (nSPS) is 10.6. The number of benzene rings is 1. The van der Waals surface area contributed by atoms with Crippen molar-refractivity contribution in [3.05, 3.63) is 48.3 Å². The molecule has 94 valence electrons. The van der Waals surface area contributed by atoms with Crippen LogP contribution in [-0.2, 0) is 6.54 Å². The van der Waals surface area contributed by atoms with Gasteiger partial charge < -0.3 is 10.3 Å². The van der Waals surface area contributed by atoms with E-state index in [1.807, 2.05) is 0 Å². The summed E-state index contributed by atoms with van der Waals surface area (Å²) in [5.74, 6) is -0.918. The van der Waals surface area contributed by atoms with E-state index >= 15 is 0 Å². The van der Waals surface area contributed by atoms with Crippen LogP contribution in [0.2, 0.25) is 0 Å². The first-order valence-corrected chi connectivity index (χ1v) is 5.44. The molecule has 0 spiro atoms. The first-order valence-electron chi connectivity index (χ1n) is 5.44. The molecule has 5 heteroatoms. The fourth-order valence-corrected chi connectivity index (χ4v) is 1.83. The monoisotopic (exact) mass is 249 g/mol. The van der Waals surface area contributed by atoms with Crippen molar-refractivity contribution < 1.29 is 8.78 Å². The molecule has 18 heavy (non-hydrogen) atoms. The quantitative estimate of drug-likeness (QED) is 0.850. The molecule has 0 saturated carbocycles. The third-order valence-electron chi connectivity index (χ3n) is 2.72. The Morgan fingerprint density at radius 3 is 2.83 bits per heavy atom. The van der Waals surface area contributed by atoms with Crippen molar-refractivity contribution in [2.75, 3.05) is 5.73 Å². The molecular weight excluding hydrogens is 236 g/mol. The standard InChI is InChI=1S/C13H13F2N3/c1-3-7-18-8(2)17-12(13(18)16)9-5-4-6-10(14)11(9)15/h3-6H,1,7,16H2,2H3. The second-order valence-corrected chi connectivity index (χ2v) is 3.89. The summed E-state index contributed by atoms with van der Waals surface area (Å²) in [4.78, 5) is 4.18. The van der Waals surface area contributed by atoms with Crippen LogP contribution in [0, 0.1) is 18.6 Å². The van der Waals surface area contributed by atoms with Crippen LogP contribution in [0.15, 0.2) is 30.9 Å². The van der Waals surface area contributed by atoms with E-state index in [1.165, 1.54) is 12.1 Å². The number of hydrogen-bond donors (Lipinski definition) is 1. The fraction of sp³-hybridized carbons (Fsp3) is 0.154. The van der Waals surface area contributed by atoms with Crippen molar-refractivity contribution >= 4 is 5.82 Å². The average molecular weight is 249 g/mol. The molecule has 1 aromatic heterocycles. The number of hydrogen-bond acceptors (Lipinski definition) is 2. The number of nitrogens with zero attached hydrogens (tertiary/aromatic N) is 2. The molecule has 0 aliphatic heterocycles. The second kappa shape index (κ2) is 4.60. The lowest BCUT2D eigenvalue weighted by Crippen LogP contribution is -2.03. The van der Waals surface area contributed by atoms with Crippen LogP contribution in [0.25, 0.3) is 11.3 Å². The molecule has 0 radical (unpaired) electrons. The van der Waals surface area contributed by atoms with Gasteiger partial charge in [0.2, 0.25) is 0 Å². The smallest absolute Gasteiger partial charge is 0.168 e. The maximum Gasteiger partial charge on any atom is 0.168 e. The Hall–Kier alpha value is -2.17. The Morgan fingerprint density at radius 2 is 2.17 bits per heavy atom. The number of allylic oxidation sites excluding steroid dienone is 1. The highest BCUT2D eigenvalue weighted by atomic mass is 19.2. The predicted molar refractivity (Wildman–Crippen MR) is 66.9 cm³/mol. The number of aryl methyl sites for hydroxylation is 1. The lowest BCUT2D eigenvalue weighted by Gasteiger charge is -2.05. The molecule has 0 atom stereocenters. The molecule has 3 nitrogen and oxygen atoms in total. The maximum absolute atomic E-state index is 13.7. The van der Waals surface area contributed by atoms with E-state index in [2.05, 4.69) is 11.6 Å². The van der Waals surface area contributed by atoms with Crippen LogP contribution in [-0.4, -0.2) is 9.55 Å². The van der Waals surface area contributed by atoms with Crippen LogP contribution >= 0.6 is 0 Å². The molecule has 0 saturated heterocycles. The SMILES string of the molecule is C=CCn1c(C)nc(-c2cccc(F)c2F)c1N. The highest BCUT2D eigenvalue weighted by molar-refractivity contribution is 5.71. The van der Waals surface area contributed by atoms with Crippen molar-refractivity contribution in [1.29, 1.82) is 0 Å². The molecule has 0 aliphatic carbocycles. The number of nitrogen functional groups attached to an aromatic ring is 1. The second-order valence-electron chi connectivity index (χ2n) is 3.89. The van der Waals surface area contributed by atoms with Gasteiger partial charge in [0.15, 0.2) is 11.6 Å². The minimum atomic E-state index is -0.938. The Labute approximate surface area is 104 Å². The van der Waals surface area contributed by atoms with Gasteiger partial charge in [-0.25, -0.2) is 13.8 Å². The molecule has 1 aromatic carbocycles. The van der Waals surface area contributed by atoms with E-state index in [0.717, 1.165) is 6.07 Å². The molecule has 2 rings (SSSR count). The van der Waals surface area contributed by atoms with Gasteiger partial charge in [0.05, 0.1) is 0 Å². The largest absolute Gasteiger partial charge is 0.383 e. The van der Waals surface area contributed by atoms with Gasteiger partial charge in [0.25, 0.3) is 0 Å². The number of rotatable bonds is 3. The van der Waals surface area contributed by atoms with Gasteiger partial charge in [-0.1, -0.05) is 12.1 Å². The zero-order valence-electron chi connectivity index (χ0n) is 9.95. The Kier molecular flexibility index (Phi) is 3.14. The lowest BCUT2D eigenvalue weighted by molar-refractivity contribution is 0.511. The van der Waals surface area contributed by atoms with Gasteiger partial charge >= 0.3 is 0 Å². The van der Waals surface area contributed by atoms with Crippen LogP contribution in [0.3, 0.4) is 0 Å². The fourth-order valence-electron chi connectivity index (χ4n) is 1.83. The predicted octanol–water partition coefficient (Wildman–Crippen LogP) is 2.90. The third kappa shape index (κ3) is 1.88. The molecule has 1 heterocycles. The number of anilines is 1. The average Bonchev–Trinajstić information content (AvgIpc) is 2.61. The molecule has 0 unspecified atom stereocenters. The van der Waals surface area contributed by atoms with Crippen LogP contribution in [0.1, 0.15) is 5.82 Å². The molecule has 0 fully saturated rings. The van der Waals surface area contributed by atoms with E-state index in [1.54, 1.807) is 17.6 Å². The van der Waals surface area contributed by atoms with Crippen LogP contribution in [0.4, 0.5) is 14.6 Å². The van der Waals surface area contributed by atoms with Crippen LogP contribution in [0.5, 0.6) is 0 Å². The van der Waals surface area contributed by atoms with Crippen molar-refractivity contribution in [1.82, 2.24) is 9.55 Å². The van der Waals surface area contributed by atoms with Gasteiger partial charge in [-0.05, 0) is 19.1 Å². The third-order valence-corrected chi connectivity index (χ3v) is 2.72. The van der Waals surface area contributed by atoms with Crippen molar-refractivity contribution in [3.63, 3.8) is 0 Å². The highest BCUT2D eigenvalue weighted by Gasteiger charge is 2.17. The molecule has 2 aromatic rings. The summed E-state index contributed by atoms with van der Waals surface area (Å²) in [7, 11) is 0. The minimum absolute atomic E-state index is 0.0680. The van der Waals surface area contributed by atoms with Crippen molar-refractivity contribution in [2.45, 2.75) is 13.5 Å². The summed E-state index contributed by atoms with van der Waals surface area (Å²) in [6.45, 7) is 5.84. The van der Waals surface area contributed by atoms with E-state index in [0.29, 0.717) is 18.2 Å². The molecule has 0 amide bonds. The number of aromatic nitrogens is 2. The zero-order chi connectivity index (χ0) is 13.3. The zero-order valence-corrected chi connectivity index (χ0v) is 9.95. The first kappa shape index (κ1) is 12.3. The highest BCUT2D eigenvalue weighted by Crippen LogP contribution is 2.29. The topological polar surface area (TPSA) is 43.8 Å². The first-order chi connectivity index (χ1) is 8.56. The Balaban J connectivity index is 2.61. The molecular formula is C13H13F2N3. The molecule has 0 aliphatic rings. The van der Waals surface area contributed by atoms with Gasteiger partial charge in [-0.15, -0.1) is 6.58 Å². The van der Waals surface area contributed by atoms with Gasteiger partial charge in [0.1, 0.15) is 17.3 Å². The van der Waals surface area contributed by atoms with Gasteiger partial charge in [-0.3, -0.25) is 0 Å². The van der Waals surface area contributed by atoms with Crippen LogP contribution < -0.4 is 5.73 Å². The molecule has 2 N–H and O–H groups in total. The van der Waals surface area contributed by atoms with Crippen molar-refractivity contribution in [2.24, 2.45) is 0 Å². The summed E-state index contributed by atoms with van der Waals surface area (Å²) in [5.41, 5.74) is 6.23. The number of imidazole rings is 1. The minimum Gasteiger partial charge on any atom is -0.383 e. The van der Waals surface area contributed by atoms with E-state index in [-0.39, 0.29) is 11.3 Å². The summed E-state index contributed by atoms with van der Waals surface area (Å²) < 4.78 is 28.6. The number of halogens is 2. The number of nitrogens with two attached hydrogens (primary N) is 1. The van der Waals surface area contributed by atoms with E-state index in [4.69, 9.17) is 5.73 Å².